The van der Waals surface area contributed by atoms with E-state index in [-0.39, 0.29) is 17.5 Å². The van der Waals surface area contributed by atoms with Crippen LogP contribution < -0.4 is 9.64 Å². The second-order valence-electron chi connectivity index (χ2n) is 6.19. The van der Waals surface area contributed by atoms with Crippen LogP contribution in [0.25, 0.3) is 0 Å². The van der Waals surface area contributed by atoms with Crippen molar-refractivity contribution in [3.63, 3.8) is 0 Å². The SMILES string of the molecule is CC(=O)N1CCc2cc(C(=O)[C@H](C)Oc3c(F)c(F)cc(F)c3F)ccc21. The minimum atomic E-state index is -1.71. The Morgan fingerprint density at radius 3 is 2.30 bits per heavy atom. The lowest BCUT2D eigenvalue weighted by Crippen LogP contribution is -2.26. The number of fused-ring (bicyclic) bond motifs is 1. The van der Waals surface area contributed by atoms with E-state index in [9.17, 15) is 27.2 Å². The number of amides is 1. The molecule has 27 heavy (non-hydrogen) atoms. The van der Waals surface area contributed by atoms with E-state index in [1.807, 2.05) is 0 Å². The lowest BCUT2D eigenvalue weighted by Gasteiger charge is -2.17. The van der Waals surface area contributed by atoms with Gasteiger partial charge in [0.1, 0.15) is 0 Å². The third-order valence-electron chi connectivity index (χ3n) is 4.38. The van der Waals surface area contributed by atoms with Crippen molar-refractivity contribution in [3.8, 4) is 5.75 Å². The summed E-state index contributed by atoms with van der Waals surface area (Å²) in [5.41, 5.74) is 1.67. The molecule has 1 atom stereocenters. The zero-order valence-corrected chi connectivity index (χ0v) is 14.5. The topological polar surface area (TPSA) is 46.6 Å². The maximum atomic E-state index is 13.7. The Labute approximate surface area is 152 Å². The van der Waals surface area contributed by atoms with E-state index in [1.165, 1.54) is 19.9 Å². The highest BCUT2D eigenvalue weighted by molar-refractivity contribution is 6.01. The van der Waals surface area contributed by atoms with Gasteiger partial charge in [0, 0.05) is 30.8 Å². The number of Topliss-reactive ketones (excluding diaryl/α,β-unsaturated/α-hetero) is 1. The molecule has 0 aliphatic carbocycles. The third kappa shape index (κ3) is 3.39. The van der Waals surface area contributed by atoms with Crippen molar-refractivity contribution in [2.45, 2.75) is 26.4 Å². The summed E-state index contributed by atoms with van der Waals surface area (Å²) in [6, 6.07) is 4.69. The Morgan fingerprint density at radius 1 is 1.07 bits per heavy atom. The van der Waals surface area contributed by atoms with Gasteiger partial charge < -0.3 is 9.64 Å². The number of carbonyl (C=O) groups is 2. The average Bonchev–Trinajstić information content (AvgIpc) is 3.06. The number of hydrogen-bond acceptors (Lipinski definition) is 3. The van der Waals surface area contributed by atoms with Gasteiger partial charge in [0.25, 0.3) is 0 Å². The molecule has 1 aliphatic heterocycles. The van der Waals surface area contributed by atoms with Crippen molar-refractivity contribution in [1.82, 2.24) is 0 Å². The van der Waals surface area contributed by atoms with E-state index in [2.05, 4.69) is 0 Å². The lowest BCUT2D eigenvalue weighted by molar-refractivity contribution is -0.116. The maximum absolute atomic E-state index is 13.7. The van der Waals surface area contributed by atoms with Gasteiger partial charge in [0.05, 0.1) is 0 Å². The van der Waals surface area contributed by atoms with Gasteiger partial charge >= 0.3 is 0 Å². The Balaban J connectivity index is 1.85. The summed E-state index contributed by atoms with van der Waals surface area (Å²) in [7, 11) is 0. The number of ketones is 1. The molecule has 1 amide bonds. The van der Waals surface area contributed by atoms with Crippen molar-refractivity contribution in [1.29, 1.82) is 0 Å². The number of hydrogen-bond donors (Lipinski definition) is 0. The predicted octanol–water partition coefficient (Wildman–Crippen LogP) is 3.80. The molecule has 0 bridgehead atoms. The van der Waals surface area contributed by atoms with Crippen LogP contribution in [0.4, 0.5) is 23.2 Å². The monoisotopic (exact) mass is 381 g/mol. The number of anilines is 1. The van der Waals surface area contributed by atoms with Gasteiger partial charge in [-0.15, -0.1) is 0 Å². The van der Waals surface area contributed by atoms with Gasteiger partial charge in [0.15, 0.2) is 23.5 Å². The van der Waals surface area contributed by atoms with Crippen molar-refractivity contribution in [2.75, 3.05) is 11.4 Å². The molecule has 142 valence electrons. The van der Waals surface area contributed by atoms with E-state index in [1.54, 1.807) is 17.0 Å². The van der Waals surface area contributed by atoms with Crippen molar-refractivity contribution in [2.24, 2.45) is 0 Å². The maximum Gasteiger partial charge on any atom is 0.223 e. The van der Waals surface area contributed by atoms with Crippen LogP contribution in [-0.4, -0.2) is 24.3 Å². The number of carbonyl (C=O) groups excluding carboxylic acids is 2. The summed E-state index contributed by atoms with van der Waals surface area (Å²) < 4.78 is 58.8. The van der Waals surface area contributed by atoms with Crippen LogP contribution in [0.1, 0.15) is 29.8 Å². The summed E-state index contributed by atoms with van der Waals surface area (Å²) in [4.78, 5) is 25.7. The van der Waals surface area contributed by atoms with Crippen molar-refractivity contribution in [3.05, 3.63) is 58.7 Å². The molecule has 0 aromatic heterocycles. The smallest absolute Gasteiger partial charge is 0.223 e. The Hall–Kier alpha value is -2.90. The fourth-order valence-corrected chi connectivity index (χ4v) is 3.00. The van der Waals surface area contributed by atoms with E-state index >= 15 is 0 Å². The van der Waals surface area contributed by atoms with Crippen molar-refractivity contribution < 1.29 is 31.9 Å². The van der Waals surface area contributed by atoms with E-state index in [0.717, 1.165) is 5.56 Å². The van der Waals surface area contributed by atoms with Gasteiger partial charge in [-0.05, 0) is 37.1 Å². The summed E-state index contributed by atoms with van der Waals surface area (Å²) in [5.74, 6) is -8.68. The number of nitrogens with zero attached hydrogens (tertiary/aromatic N) is 1. The Bertz CT molecular complexity index is 919. The Kier molecular flexibility index (Phi) is 4.91. The molecule has 0 radical (unpaired) electrons. The quantitative estimate of drug-likeness (QED) is 0.460. The molecule has 2 aromatic carbocycles. The first kappa shape index (κ1) is 18.9. The van der Waals surface area contributed by atoms with Crippen LogP contribution in [0, 0.1) is 23.3 Å². The molecular formula is C19H15F4NO3. The molecule has 0 saturated heterocycles. The predicted molar refractivity (Wildman–Crippen MR) is 88.9 cm³/mol. The number of rotatable bonds is 4. The molecule has 1 aliphatic rings. The first-order valence-corrected chi connectivity index (χ1v) is 8.15. The number of halogens is 4. The number of benzene rings is 2. The molecule has 8 heteroatoms. The standard InChI is InChI=1S/C19H15F4NO3/c1-9(27-19-16(22)13(20)8-14(21)17(19)23)18(26)12-3-4-15-11(7-12)5-6-24(15)10(2)25/h3-4,7-9H,5-6H2,1-2H3/t9-/m0/s1. The third-order valence-corrected chi connectivity index (χ3v) is 4.38. The first-order chi connectivity index (χ1) is 12.7. The van der Waals surface area contributed by atoms with Gasteiger partial charge in [-0.2, -0.15) is 8.78 Å². The summed E-state index contributed by atoms with van der Waals surface area (Å²) >= 11 is 0. The molecule has 2 aromatic rings. The highest BCUT2D eigenvalue weighted by Gasteiger charge is 2.27. The second kappa shape index (κ2) is 7.02. The lowest BCUT2D eigenvalue weighted by atomic mass is 10.0. The van der Waals surface area contributed by atoms with Crippen LogP contribution in [0.5, 0.6) is 5.75 Å². The summed E-state index contributed by atoms with van der Waals surface area (Å²) in [6.07, 6.45) is -0.831. The molecule has 4 nitrogen and oxygen atoms in total. The fraction of sp³-hybridized carbons (Fsp3) is 0.263. The zero-order chi connectivity index (χ0) is 19.9. The molecule has 0 fully saturated rings. The van der Waals surface area contributed by atoms with Crippen LogP contribution in [0.2, 0.25) is 0 Å². The highest BCUT2D eigenvalue weighted by atomic mass is 19.2. The average molecular weight is 381 g/mol. The molecule has 0 saturated carbocycles. The zero-order valence-electron chi connectivity index (χ0n) is 14.5. The largest absolute Gasteiger partial charge is 0.476 e. The number of ether oxygens (including phenoxy) is 1. The van der Waals surface area contributed by atoms with Crippen LogP contribution in [0.3, 0.4) is 0 Å². The first-order valence-electron chi connectivity index (χ1n) is 8.15. The van der Waals surface area contributed by atoms with Crippen LogP contribution in [0.15, 0.2) is 24.3 Å². The molecule has 3 rings (SSSR count). The van der Waals surface area contributed by atoms with E-state index in [4.69, 9.17) is 4.74 Å². The van der Waals surface area contributed by atoms with E-state index in [0.29, 0.717) is 18.7 Å². The van der Waals surface area contributed by atoms with Gasteiger partial charge in [-0.25, -0.2) is 8.78 Å². The van der Waals surface area contributed by atoms with E-state index < -0.39 is 40.9 Å². The second-order valence-corrected chi connectivity index (χ2v) is 6.19. The van der Waals surface area contributed by atoms with Crippen LogP contribution in [-0.2, 0) is 11.2 Å². The molecular weight excluding hydrogens is 366 g/mol. The molecule has 0 N–H and O–H groups in total. The normalized spacial score (nSPS) is 14.1. The Morgan fingerprint density at radius 2 is 1.70 bits per heavy atom. The van der Waals surface area contributed by atoms with Gasteiger partial charge in [0.2, 0.25) is 23.3 Å². The molecule has 1 heterocycles. The minimum Gasteiger partial charge on any atom is -0.476 e. The highest BCUT2D eigenvalue weighted by Crippen LogP contribution is 2.31. The summed E-state index contributed by atoms with van der Waals surface area (Å²) in [5, 5.41) is 0. The molecule has 0 unspecified atom stereocenters. The summed E-state index contributed by atoms with van der Waals surface area (Å²) in [6.45, 7) is 3.15. The van der Waals surface area contributed by atoms with Crippen molar-refractivity contribution >= 4 is 17.4 Å². The van der Waals surface area contributed by atoms with Gasteiger partial charge in [-0.3, -0.25) is 9.59 Å². The minimum absolute atomic E-state index is 0.0608. The van der Waals surface area contributed by atoms with Crippen LogP contribution >= 0.6 is 0 Å². The fourth-order valence-electron chi connectivity index (χ4n) is 3.00. The molecule has 0 spiro atoms. The van der Waals surface area contributed by atoms with Gasteiger partial charge in [-0.1, -0.05) is 0 Å².